The van der Waals surface area contributed by atoms with Crippen LogP contribution in [0, 0.1) is 6.92 Å². The zero-order valence-corrected chi connectivity index (χ0v) is 10.0. The third-order valence-corrected chi connectivity index (χ3v) is 3.76. The van der Waals surface area contributed by atoms with Crippen molar-refractivity contribution in [2.45, 2.75) is 43.9 Å². The number of nitrogens with zero attached hydrogens (tertiary/aromatic N) is 1. The zero-order chi connectivity index (χ0) is 12.5. The SMILES string of the molecule is Cc1cccc(C2(CN)CCC(F)(F)CC2)n1. The highest BCUT2D eigenvalue weighted by Crippen LogP contribution is 2.44. The molecule has 0 saturated heterocycles. The summed E-state index contributed by atoms with van der Waals surface area (Å²) in [5.41, 5.74) is 7.25. The fraction of sp³-hybridized carbons (Fsp3) is 0.615. The molecule has 0 radical (unpaired) electrons. The van der Waals surface area contributed by atoms with Gasteiger partial charge in [0, 0.05) is 36.2 Å². The first kappa shape index (κ1) is 12.4. The van der Waals surface area contributed by atoms with Crippen molar-refractivity contribution in [2.24, 2.45) is 5.73 Å². The number of aryl methyl sites for hydroxylation is 1. The summed E-state index contributed by atoms with van der Waals surface area (Å²) in [7, 11) is 0. The lowest BCUT2D eigenvalue weighted by molar-refractivity contribution is -0.0514. The normalized spacial score (nSPS) is 22.4. The van der Waals surface area contributed by atoms with Gasteiger partial charge in [-0.1, -0.05) is 6.07 Å². The maximum atomic E-state index is 13.2. The molecule has 1 aromatic heterocycles. The Labute approximate surface area is 100 Å². The maximum Gasteiger partial charge on any atom is 0.248 e. The van der Waals surface area contributed by atoms with Gasteiger partial charge in [-0.2, -0.15) is 0 Å². The summed E-state index contributed by atoms with van der Waals surface area (Å²) in [4.78, 5) is 4.46. The van der Waals surface area contributed by atoms with Gasteiger partial charge < -0.3 is 5.73 Å². The molecule has 0 unspecified atom stereocenters. The van der Waals surface area contributed by atoms with E-state index in [1.54, 1.807) is 0 Å². The van der Waals surface area contributed by atoms with Gasteiger partial charge in [-0.25, -0.2) is 8.78 Å². The summed E-state index contributed by atoms with van der Waals surface area (Å²) in [6.07, 6.45) is 0.680. The van der Waals surface area contributed by atoms with E-state index in [1.165, 1.54) is 0 Å². The van der Waals surface area contributed by atoms with Gasteiger partial charge in [0.1, 0.15) is 0 Å². The topological polar surface area (TPSA) is 38.9 Å². The van der Waals surface area contributed by atoms with Crippen molar-refractivity contribution >= 4 is 0 Å². The van der Waals surface area contributed by atoms with E-state index in [1.807, 2.05) is 25.1 Å². The lowest BCUT2D eigenvalue weighted by atomic mass is 9.70. The molecule has 0 spiro atoms. The van der Waals surface area contributed by atoms with Crippen LogP contribution in [0.2, 0.25) is 0 Å². The minimum absolute atomic E-state index is 0.0835. The summed E-state index contributed by atoms with van der Waals surface area (Å²) < 4.78 is 26.4. The van der Waals surface area contributed by atoms with Crippen LogP contribution in [0.3, 0.4) is 0 Å². The first-order chi connectivity index (χ1) is 7.97. The van der Waals surface area contributed by atoms with Crippen molar-refractivity contribution < 1.29 is 8.78 Å². The quantitative estimate of drug-likeness (QED) is 0.863. The molecule has 0 amide bonds. The molecule has 1 fully saturated rings. The Morgan fingerprint density at radius 2 is 1.88 bits per heavy atom. The molecular weight excluding hydrogens is 222 g/mol. The minimum atomic E-state index is -2.53. The smallest absolute Gasteiger partial charge is 0.248 e. The largest absolute Gasteiger partial charge is 0.330 e. The van der Waals surface area contributed by atoms with Gasteiger partial charge in [-0.15, -0.1) is 0 Å². The van der Waals surface area contributed by atoms with E-state index >= 15 is 0 Å². The molecule has 2 N–H and O–H groups in total. The second-order valence-corrected chi connectivity index (χ2v) is 5.00. The molecule has 2 rings (SSSR count). The molecule has 0 bridgehead atoms. The van der Waals surface area contributed by atoms with Crippen molar-refractivity contribution in [3.63, 3.8) is 0 Å². The highest BCUT2D eigenvalue weighted by atomic mass is 19.3. The van der Waals surface area contributed by atoms with Gasteiger partial charge in [-0.3, -0.25) is 4.98 Å². The van der Waals surface area contributed by atoms with Gasteiger partial charge in [0.25, 0.3) is 0 Å². The minimum Gasteiger partial charge on any atom is -0.330 e. The first-order valence-electron chi connectivity index (χ1n) is 6.00. The van der Waals surface area contributed by atoms with E-state index in [4.69, 9.17) is 5.73 Å². The van der Waals surface area contributed by atoms with Crippen molar-refractivity contribution in [3.05, 3.63) is 29.6 Å². The Morgan fingerprint density at radius 3 is 2.41 bits per heavy atom. The van der Waals surface area contributed by atoms with E-state index in [9.17, 15) is 8.78 Å². The van der Waals surface area contributed by atoms with E-state index in [2.05, 4.69) is 4.98 Å². The maximum absolute atomic E-state index is 13.2. The zero-order valence-electron chi connectivity index (χ0n) is 10.0. The molecule has 1 heterocycles. The molecule has 1 aliphatic carbocycles. The molecule has 1 aromatic rings. The molecule has 0 atom stereocenters. The van der Waals surface area contributed by atoms with Gasteiger partial charge >= 0.3 is 0 Å². The van der Waals surface area contributed by atoms with E-state index in [0.717, 1.165) is 11.4 Å². The molecule has 17 heavy (non-hydrogen) atoms. The second kappa shape index (κ2) is 4.33. The standard InChI is InChI=1S/C13H18F2N2/c1-10-3-2-4-11(17-10)12(9-16)5-7-13(14,15)8-6-12/h2-4H,5-9,16H2,1H3. The predicted molar refractivity (Wildman–Crippen MR) is 63.1 cm³/mol. The van der Waals surface area contributed by atoms with Gasteiger partial charge in [-0.05, 0) is 31.9 Å². The number of nitrogens with two attached hydrogens (primary N) is 1. The fourth-order valence-corrected chi connectivity index (χ4v) is 2.50. The Bertz CT molecular complexity index is 394. The average Bonchev–Trinajstić information content (AvgIpc) is 2.30. The molecule has 94 valence electrons. The Balaban J connectivity index is 2.27. The third kappa shape index (κ3) is 2.46. The van der Waals surface area contributed by atoms with Crippen LogP contribution in [-0.2, 0) is 5.41 Å². The Hall–Kier alpha value is -1.03. The average molecular weight is 240 g/mol. The summed E-state index contributed by atoms with van der Waals surface area (Å²) in [6.45, 7) is 2.30. The number of hydrogen-bond acceptors (Lipinski definition) is 2. The van der Waals surface area contributed by atoms with Crippen LogP contribution >= 0.6 is 0 Å². The van der Waals surface area contributed by atoms with E-state index in [0.29, 0.717) is 19.4 Å². The monoisotopic (exact) mass is 240 g/mol. The van der Waals surface area contributed by atoms with Crippen molar-refractivity contribution in [1.29, 1.82) is 0 Å². The lowest BCUT2D eigenvalue weighted by Gasteiger charge is -2.39. The summed E-state index contributed by atoms with van der Waals surface area (Å²) in [5, 5.41) is 0. The number of aromatic nitrogens is 1. The van der Waals surface area contributed by atoms with Crippen LogP contribution < -0.4 is 5.73 Å². The molecule has 0 aliphatic heterocycles. The van der Waals surface area contributed by atoms with Crippen LogP contribution in [0.1, 0.15) is 37.1 Å². The van der Waals surface area contributed by atoms with Crippen LogP contribution in [-0.4, -0.2) is 17.5 Å². The number of rotatable bonds is 2. The molecule has 0 aromatic carbocycles. The fourth-order valence-electron chi connectivity index (χ4n) is 2.50. The number of alkyl halides is 2. The third-order valence-electron chi connectivity index (χ3n) is 3.76. The molecule has 1 aliphatic rings. The van der Waals surface area contributed by atoms with Crippen molar-refractivity contribution in [2.75, 3.05) is 6.54 Å². The first-order valence-corrected chi connectivity index (χ1v) is 6.00. The van der Waals surface area contributed by atoms with Crippen molar-refractivity contribution in [1.82, 2.24) is 4.98 Å². The molecule has 4 heteroatoms. The van der Waals surface area contributed by atoms with Crippen LogP contribution in [0.15, 0.2) is 18.2 Å². The van der Waals surface area contributed by atoms with Gasteiger partial charge in [0.2, 0.25) is 5.92 Å². The number of halogens is 2. The molecule has 1 saturated carbocycles. The molecule has 2 nitrogen and oxygen atoms in total. The summed E-state index contributed by atoms with van der Waals surface area (Å²) in [6, 6.07) is 5.73. The van der Waals surface area contributed by atoms with Crippen LogP contribution in [0.25, 0.3) is 0 Å². The summed E-state index contributed by atoms with van der Waals surface area (Å²) >= 11 is 0. The lowest BCUT2D eigenvalue weighted by Crippen LogP contribution is -2.42. The van der Waals surface area contributed by atoms with Gasteiger partial charge in [0.15, 0.2) is 0 Å². The van der Waals surface area contributed by atoms with Crippen LogP contribution in [0.5, 0.6) is 0 Å². The molecular formula is C13H18F2N2. The number of pyridine rings is 1. The Morgan fingerprint density at radius 1 is 1.24 bits per heavy atom. The predicted octanol–water partition coefficient (Wildman–Crippen LogP) is 2.80. The second-order valence-electron chi connectivity index (χ2n) is 5.00. The highest BCUT2D eigenvalue weighted by molar-refractivity contribution is 5.21. The van der Waals surface area contributed by atoms with E-state index < -0.39 is 5.92 Å². The van der Waals surface area contributed by atoms with E-state index in [-0.39, 0.29) is 18.3 Å². The summed E-state index contributed by atoms with van der Waals surface area (Å²) in [5.74, 6) is -2.53. The van der Waals surface area contributed by atoms with Crippen LogP contribution in [0.4, 0.5) is 8.78 Å². The highest BCUT2D eigenvalue weighted by Gasteiger charge is 2.44. The van der Waals surface area contributed by atoms with Gasteiger partial charge in [0.05, 0.1) is 0 Å². The number of hydrogen-bond donors (Lipinski definition) is 1. The Kier molecular flexibility index (Phi) is 3.17. The van der Waals surface area contributed by atoms with Crippen molar-refractivity contribution in [3.8, 4) is 0 Å².